The molecule has 4 nitrogen and oxygen atoms in total. The first-order valence-corrected chi connectivity index (χ1v) is 8.25. The number of fused-ring (bicyclic) bond motifs is 2. The molecule has 0 aromatic heterocycles. The van der Waals surface area contributed by atoms with Crippen LogP contribution in [0.3, 0.4) is 0 Å². The Labute approximate surface area is 126 Å². The molecule has 2 unspecified atom stereocenters. The number of nitrogens with one attached hydrogen (secondary N) is 1. The molecule has 0 aromatic rings. The number of carboxylic acid groups (broad SMARTS) is 1. The van der Waals surface area contributed by atoms with Crippen molar-refractivity contribution in [3.8, 4) is 0 Å². The maximum atomic E-state index is 12.4. The largest absolute Gasteiger partial charge is 0.481 e. The Hall–Kier alpha value is -1.32. The smallest absolute Gasteiger partial charge is 0.307 e. The molecule has 0 spiro atoms. The summed E-state index contributed by atoms with van der Waals surface area (Å²) in [7, 11) is 0. The van der Waals surface area contributed by atoms with Crippen molar-refractivity contribution in [2.75, 3.05) is 6.54 Å². The van der Waals surface area contributed by atoms with E-state index in [2.05, 4.69) is 12.2 Å². The number of allylic oxidation sites excluding steroid dienone is 2. The van der Waals surface area contributed by atoms with Crippen LogP contribution in [0, 0.1) is 35.5 Å². The molecule has 3 aliphatic carbocycles. The molecule has 3 rings (SSSR count). The third kappa shape index (κ3) is 2.85. The van der Waals surface area contributed by atoms with Gasteiger partial charge in [-0.15, -0.1) is 0 Å². The summed E-state index contributed by atoms with van der Waals surface area (Å²) in [6.45, 7) is 3.00. The van der Waals surface area contributed by atoms with E-state index in [1.807, 2.05) is 12.2 Å². The minimum absolute atomic E-state index is 0.0436. The van der Waals surface area contributed by atoms with Crippen LogP contribution in [0.2, 0.25) is 0 Å². The monoisotopic (exact) mass is 291 g/mol. The van der Waals surface area contributed by atoms with Gasteiger partial charge < -0.3 is 10.4 Å². The number of rotatable bonds is 4. The van der Waals surface area contributed by atoms with Gasteiger partial charge in [0.25, 0.3) is 0 Å². The van der Waals surface area contributed by atoms with Gasteiger partial charge in [-0.3, -0.25) is 9.59 Å². The van der Waals surface area contributed by atoms with E-state index in [9.17, 15) is 14.7 Å². The van der Waals surface area contributed by atoms with E-state index in [-0.39, 0.29) is 23.7 Å². The topological polar surface area (TPSA) is 66.4 Å². The van der Waals surface area contributed by atoms with Gasteiger partial charge in [0, 0.05) is 6.54 Å². The minimum atomic E-state index is -0.821. The molecular weight excluding hydrogens is 266 g/mol. The van der Waals surface area contributed by atoms with Crippen LogP contribution in [0.4, 0.5) is 0 Å². The lowest BCUT2D eigenvalue weighted by Crippen LogP contribution is -2.42. The second-order valence-corrected chi connectivity index (χ2v) is 7.21. The van der Waals surface area contributed by atoms with Crippen LogP contribution in [0.25, 0.3) is 0 Å². The first-order valence-electron chi connectivity index (χ1n) is 8.25. The van der Waals surface area contributed by atoms with Crippen molar-refractivity contribution in [2.24, 2.45) is 35.5 Å². The highest BCUT2D eigenvalue weighted by atomic mass is 16.4. The maximum absolute atomic E-state index is 12.4. The quantitative estimate of drug-likeness (QED) is 0.782. The Balaban J connectivity index is 1.55. The van der Waals surface area contributed by atoms with Gasteiger partial charge in [-0.25, -0.2) is 0 Å². The lowest BCUT2D eigenvalue weighted by molar-refractivity contribution is -0.147. The van der Waals surface area contributed by atoms with Crippen molar-refractivity contribution in [2.45, 2.75) is 39.0 Å². The van der Waals surface area contributed by atoms with Crippen molar-refractivity contribution in [3.63, 3.8) is 0 Å². The Kier molecular flexibility index (Phi) is 4.05. The number of amides is 1. The number of hydrogen-bond donors (Lipinski definition) is 2. The fourth-order valence-electron chi connectivity index (χ4n) is 4.41. The van der Waals surface area contributed by atoms with E-state index in [1.54, 1.807) is 0 Å². The number of aliphatic carboxylic acids is 1. The van der Waals surface area contributed by atoms with Crippen LogP contribution >= 0.6 is 0 Å². The Morgan fingerprint density at radius 3 is 2.33 bits per heavy atom. The molecule has 0 aromatic carbocycles. The molecule has 4 heteroatoms. The fraction of sp³-hybridized carbons (Fsp3) is 0.765. The predicted octanol–water partition coefficient (Wildman–Crippen LogP) is 2.45. The van der Waals surface area contributed by atoms with Crippen LogP contribution < -0.4 is 5.32 Å². The van der Waals surface area contributed by atoms with Crippen LogP contribution in [-0.4, -0.2) is 23.5 Å². The maximum Gasteiger partial charge on any atom is 0.307 e. The summed E-state index contributed by atoms with van der Waals surface area (Å²) >= 11 is 0. The minimum Gasteiger partial charge on any atom is -0.481 e. The normalized spacial score (nSPS) is 41.2. The average molecular weight is 291 g/mol. The van der Waals surface area contributed by atoms with E-state index >= 15 is 0 Å². The number of carbonyl (C=O) groups excluding carboxylic acids is 1. The molecular formula is C17H25NO3. The number of carbonyl (C=O) groups is 2. The second kappa shape index (κ2) is 5.82. The van der Waals surface area contributed by atoms with Crippen LogP contribution in [0.5, 0.6) is 0 Å². The molecule has 0 heterocycles. The molecule has 3 aliphatic rings. The molecule has 0 radical (unpaired) electrons. The van der Waals surface area contributed by atoms with E-state index in [4.69, 9.17) is 0 Å². The molecule has 0 aliphatic heterocycles. The summed E-state index contributed by atoms with van der Waals surface area (Å²) in [6.07, 6.45) is 9.70. The summed E-state index contributed by atoms with van der Waals surface area (Å²) in [6, 6.07) is 0. The highest BCUT2D eigenvalue weighted by Gasteiger charge is 2.51. The molecule has 21 heavy (non-hydrogen) atoms. The molecule has 0 saturated heterocycles. The van der Waals surface area contributed by atoms with Gasteiger partial charge in [0.05, 0.1) is 11.8 Å². The molecule has 4 atom stereocenters. The predicted molar refractivity (Wildman–Crippen MR) is 79.5 cm³/mol. The van der Waals surface area contributed by atoms with Crippen molar-refractivity contribution >= 4 is 11.9 Å². The van der Waals surface area contributed by atoms with Gasteiger partial charge in [-0.05, 0) is 42.9 Å². The summed E-state index contributed by atoms with van der Waals surface area (Å²) in [4.78, 5) is 23.9. The van der Waals surface area contributed by atoms with Crippen LogP contribution in [0.1, 0.15) is 39.0 Å². The highest BCUT2D eigenvalue weighted by Crippen LogP contribution is 2.48. The fourth-order valence-corrected chi connectivity index (χ4v) is 4.41. The van der Waals surface area contributed by atoms with Gasteiger partial charge in [-0.2, -0.15) is 0 Å². The molecule has 2 fully saturated rings. The van der Waals surface area contributed by atoms with Gasteiger partial charge in [0.1, 0.15) is 0 Å². The Morgan fingerprint density at radius 2 is 1.71 bits per heavy atom. The number of hydrogen-bond acceptors (Lipinski definition) is 2. The zero-order chi connectivity index (χ0) is 15.0. The molecule has 116 valence electrons. The van der Waals surface area contributed by atoms with Gasteiger partial charge in [-0.1, -0.05) is 31.9 Å². The molecule has 2 saturated carbocycles. The SMILES string of the molecule is CC1CCC(CNC(=O)[C@H]2C3C=CC(C3)[C@H]2C(=O)O)CC1. The molecule has 1 amide bonds. The third-order valence-corrected chi connectivity index (χ3v) is 5.75. The summed E-state index contributed by atoms with van der Waals surface area (Å²) < 4.78 is 0. The van der Waals surface area contributed by atoms with Gasteiger partial charge >= 0.3 is 5.97 Å². The molecule has 2 bridgehead atoms. The second-order valence-electron chi connectivity index (χ2n) is 7.21. The zero-order valence-corrected chi connectivity index (χ0v) is 12.6. The van der Waals surface area contributed by atoms with Crippen LogP contribution in [0.15, 0.2) is 12.2 Å². The highest BCUT2D eigenvalue weighted by molar-refractivity contribution is 5.86. The van der Waals surface area contributed by atoms with Crippen molar-refractivity contribution in [1.29, 1.82) is 0 Å². The Bertz CT molecular complexity index is 451. The number of carboxylic acids is 1. The van der Waals surface area contributed by atoms with Crippen LogP contribution in [-0.2, 0) is 9.59 Å². The third-order valence-electron chi connectivity index (χ3n) is 5.75. The lowest BCUT2D eigenvalue weighted by Gasteiger charge is -2.28. The van der Waals surface area contributed by atoms with Gasteiger partial charge in [0.2, 0.25) is 5.91 Å². The first-order chi connectivity index (χ1) is 10.1. The van der Waals surface area contributed by atoms with Crippen molar-refractivity contribution < 1.29 is 14.7 Å². The first kappa shape index (κ1) is 14.6. The zero-order valence-electron chi connectivity index (χ0n) is 12.6. The molecule has 2 N–H and O–H groups in total. The summed E-state index contributed by atoms with van der Waals surface area (Å²) in [5.74, 6) is -0.185. The van der Waals surface area contributed by atoms with Crippen molar-refractivity contribution in [1.82, 2.24) is 5.32 Å². The van der Waals surface area contributed by atoms with Crippen molar-refractivity contribution in [3.05, 3.63) is 12.2 Å². The summed E-state index contributed by atoms with van der Waals surface area (Å²) in [5, 5.41) is 12.4. The van der Waals surface area contributed by atoms with E-state index in [0.29, 0.717) is 5.92 Å². The lowest BCUT2D eigenvalue weighted by atomic mass is 9.81. The van der Waals surface area contributed by atoms with E-state index in [1.165, 1.54) is 25.7 Å². The van der Waals surface area contributed by atoms with Gasteiger partial charge in [0.15, 0.2) is 0 Å². The standard InChI is InChI=1S/C17H25NO3/c1-10-2-4-11(5-3-10)9-18-16(19)14-12-6-7-13(8-12)15(14)17(20)21/h6-7,10-15H,2-5,8-9H2,1H3,(H,18,19)(H,20,21)/t10?,11?,12?,13?,14-,15+/m0/s1. The van der Waals surface area contributed by atoms with E-state index < -0.39 is 11.9 Å². The Morgan fingerprint density at radius 1 is 1.10 bits per heavy atom. The average Bonchev–Trinajstić information content (AvgIpc) is 3.06. The summed E-state index contributed by atoms with van der Waals surface area (Å²) in [5.41, 5.74) is 0. The van der Waals surface area contributed by atoms with E-state index in [0.717, 1.165) is 18.9 Å².